The largest absolute Gasteiger partial charge is 0.381 e. The monoisotopic (exact) mass is 615 g/mol. The molecule has 240 valence electrons. The van der Waals surface area contributed by atoms with E-state index in [0.29, 0.717) is 43.7 Å². The van der Waals surface area contributed by atoms with Crippen molar-refractivity contribution in [2.45, 2.75) is 90.1 Å². The van der Waals surface area contributed by atoms with E-state index in [4.69, 9.17) is 9.72 Å². The first-order chi connectivity index (χ1) is 21.1. The summed E-state index contributed by atoms with van der Waals surface area (Å²) in [4.78, 5) is 35.4. The molecule has 3 atom stereocenters. The molecule has 14 heteroatoms. The molecule has 0 unspecified atom stereocenters. The molecule has 2 amide bonds. The molecule has 2 aromatic heterocycles. The molecule has 4 N–H and O–H groups in total. The van der Waals surface area contributed by atoms with Gasteiger partial charge in [-0.2, -0.15) is 5.10 Å². The average molecular weight is 616 g/mol. The van der Waals surface area contributed by atoms with Crippen molar-refractivity contribution in [2.75, 3.05) is 30.5 Å². The molecule has 44 heavy (non-hydrogen) atoms. The maximum absolute atomic E-state index is 14.2. The van der Waals surface area contributed by atoms with E-state index in [1.807, 2.05) is 20.0 Å². The van der Waals surface area contributed by atoms with Crippen LogP contribution in [0.5, 0.6) is 0 Å². The fourth-order valence-electron chi connectivity index (χ4n) is 6.96. The first kappa shape index (κ1) is 30.5. The maximum atomic E-state index is 14.2. The first-order valence-corrected chi connectivity index (χ1v) is 15.9. The lowest BCUT2D eigenvalue weighted by Crippen LogP contribution is -2.42. The Balaban J connectivity index is 1.29. The van der Waals surface area contributed by atoms with E-state index in [2.05, 4.69) is 38.4 Å². The van der Waals surface area contributed by atoms with Crippen LogP contribution in [0.3, 0.4) is 0 Å². The summed E-state index contributed by atoms with van der Waals surface area (Å²) in [6.45, 7) is 7.97. The van der Waals surface area contributed by atoms with Gasteiger partial charge in [0.2, 0.25) is 23.6 Å². The molecule has 0 bridgehead atoms. The van der Waals surface area contributed by atoms with E-state index < -0.39 is 17.9 Å². The highest BCUT2D eigenvalue weighted by molar-refractivity contribution is 5.91. The van der Waals surface area contributed by atoms with Crippen LogP contribution in [-0.4, -0.2) is 61.9 Å². The van der Waals surface area contributed by atoms with Crippen LogP contribution < -0.4 is 21.4 Å². The van der Waals surface area contributed by atoms with Gasteiger partial charge < -0.3 is 20.7 Å². The quantitative estimate of drug-likeness (QED) is 0.348. The Kier molecular flexibility index (Phi) is 8.62. The lowest BCUT2D eigenvalue weighted by Gasteiger charge is -2.34. The zero-order valence-corrected chi connectivity index (χ0v) is 25.6. The van der Waals surface area contributed by atoms with Crippen LogP contribution in [0.1, 0.15) is 101 Å². The summed E-state index contributed by atoms with van der Waals surface area (Å²) in [6, 6.07) is -0.696. The van der Waals surface area contributed by atoms with Gasteiger partial charge in [0.1, 0.15) is 6.33 Å². The predicted molar refractivity (Wildman–Crippen MR) is 158 cm³/mol. The van der Waals surface area contributed by atoms with Crippen molar-refractivity contribution >= 4 is 17.8 Å². The molecule has 3 aliphatic heterocycles. The second-order valence-electron chi connectivity index (χ2n) is 13.1. The molecule has 5 heterocycles. The molecule has 12 nitrogen and oxygen atoms in total. The van der Waals surface area contributed by atoms with Gasteiger partial charge in [-0.1, -0.05) is 6.92 Å². The second-order valence-corrected chi connectivity index (χ2v) is 13.1. The van der Waals surface area contributed by atoms with Crippen molar-refractivity contribution in [1.29, 1.82) is 0 Å². The number of nitrogens with zero attached hydrogens (tertiary/aromatic N) is 5. The summed E-state index contributed by atoms with van der Waals surface area (Å²) >= 11 is 0. The Labute approximate surface area is 255 Å². The van der Waals surface area contributed by atoms with Gasteiger partial charge in [0.05, 0.1) is 23.6 Å². The van der Waals surface area contributed by atoms with Crippen molar-refractivity contribution in [3.8, 4) is 0 Å². The number of hydrogen-bond donors (Lipinski definition) is 4. The van der Waals surface area contributed by atoms with E-state index in [1.165, 1.54) is 6.33 Å². The number of piperidine rings is 1. The van der Waals surface area contributed by atoms with Gasteiger partial charge in [0.15, 0.2) is 0 Å². The minimum absolute atomic E-state index is 0.0620. The summed E-state index contributed by atoms with van der Waals surface area (Å²) in [7, 11) is 0. The first-order valence-electron chi connectivity index (χ1n) is 15.9. The van der Waals surface area contributed by atoms with E-state index in [0.717, 1.165) is 30.7 Å². The van der Waals surface area contributed by atoms with Gasteiger partial charge in [-0.05, 0) is 57.8 Å². The number of hydrogen-bond acceptors (Lipinski definition) is 8. The highest BCUT2D eigenvalue weighted by atomic mass is 19.3. The smallest absolute Gasteiger partial charge is 0.289 e. The van der Waals surface area contributed by atoms with Crippen LogP contribution in [0.2, 0.25) is 0 Å². The molecule has 1 aliphatic carbocycles. The topological polar surface area (TPSA) is 140 Å². The Morgan fingerprint density at radius 2 is 1.95 bits per heavy atom. The van der Waals surface area contributed by atoms with E-state index in [-0.39, 0.29) is 61.2 Å². The summed E-state index contributed by atoms with van der Waals surface area (Å²) in [5, 5.41) is 13.8. The van der Waals surface area contributed by atoms with Crippen LogP contribution in [0, 0.1) is 23.7 Å². The van der Waals surface area contributed by atoms with Crippen LogP contribution in [0.4, 0.5) is 14.7 Å². The summed E-state index contributed by atoms with van der Waals surface area (Å²) in [6.07, 6.45) is 6.24. The Hall–Kier alpha value is -3.55. The number of anilines is 1. The molecule has 4 aliphatic rings. The second kappa shape index (κ2) is 12.4. The van der Waals surface area contributed by atoms with E-state index >= 15 is 0 Å². The highest BCUT2D eigenvalue weighted by Gasteiger charge is 2.40. The van der Waals surface area contributed by atoms with Crippen LogP contribution in [0.15, 0.2) is 23.9 Å². The fraction of sp³-hybridized carbons (Fsp3) is 0.700. The third-order valence-electron chi connectivity index (χ3n) is 9.42. The van der Waals surface area contributed by atoms with Crippen LogP contribution in [0.25, 0.3) is 0 Å². The summed E-state index contributed by atoms with van der Waals surface area (Å²) in [5.74, 6) is -2.14. The minimum Gasteiger partial charge on any atom is -0.381 e. The van der Waals surface area contributed by atoms with Crippen molar-refractivity contribution in [1.82, 2.24) is 35.1 Å². The molecule has 0 aromatic carbocycles. The number of imidazole rings is 1. The summed E-state index contributed by atoms with van der Waals surface area (Å²) in [5.41, 5.74) is 6.02. The number of amides is 2. The zero-order valence-electron chi connectivity index (χ0n) is 25.6. The van der Waals surface area contributed by atoms with E-state index in [1.54, 1.807) is 9.36 Å². The number of halogens is 2. The predicted octanol–water partition coefficient (Wildman–Crippen LogP) is 4.12. The molecular weight excluding hydrogens is 572 g/mol. The number of nitrogens with one attached hydrogen (secondary N) is 4. The Bertz CT molecular complexity index is 1390. The number of ether oxygens (including phenoxy) is 1. The van der Waals surface area contributed by atoms with Gasteiger partial charge in [-0.3, -0.25) is 15.0 Å². The number of alkyl halides is 2. The third kappa shape index (κ3) is 6.45. The Morgan fingerprint density at radius 3 is 2.68 bits per heavy atom. The van der Waals surface area contributed by atoms with Crippen molar-refractivity contribution in [3.63, 3.8) is 0 Å². The molecule has 0 spiro atoms. The molecular formula is C30H43F2N9O3. The van der Waals surface area contributed by atoms with Gasteiger partial charge in [0, 0.05) is 62.6 Å². The molecule has 2 aromatic rings. The van der Waals surface area contributed by atoms with Crippen LogP contribution >= 0.6 is 0 Å². The molecule has 3 fully saturated rings. The van der Waals surface area contributed by atoms with Gasteiger partial charge in [-0.25, -0.2) is 28.1 Å². The maximum Gasteiger partial charge on any atom is 0.289 e. The fourth-order valence-corrected chi connectivity index (χ4v) is 6.96. The molecule has 0 radical (unpaired) electrons. The van der Waals surface area contributed by atoms with Gasteiger partial charge >= 0.3 is 0 Å². The standard InChI is InChI=1S/C30H43F2N9O3/c1-17(2)41-26(34-16-35-41)28(43)37-25(19-4-8-30(31,32)9-5-19)23-15-40-29(36-23)38-24(20-6-10-44-11-7-20)22(39-40)13-21-12-18(3)14-33-27(21)42/h15-21,25,39H,4-14H2,1-3H3,(H,33,42)(H,36,38)(H,37,43)/t18-,21+,25-/m0/s1. The zero-order chi connectivity index (χ0) is 31.0. The molecule has 6 rings (SSSR count). The normalized spacial score (nSPS) is 25.2. The summed E-state index contributed by atoms with van der Waals surface area (Å²) < 4.78 is 37.3. The number of carbonyl (C=O) groups excluding carboxylic acids is 2. The van der Waals surface area contributed by atoms with Gasteiger partial charge in [-0.15, -0.1) is 0 Å². The number of fused-ring (bicyclic) bond motifs is 1. The SMILES string of the molecule is CC(C)n1ncnc1C(=O)N[C@H](c1cn2c(n1)NC(C1CCOCC1)=C(C[C@H]1C[C@H](C)CNC1=O)N2)C1CCC(F)(F)CC1. The third-order valence-corrected chi connectivity index (χ3v) is 9.42. The van der Waals surface area contributed by atoms with Gasteiger partial charge in [0.25, 0.3) is 5.91 Å². The van der Waals surface area contributed by atoms with Crippen molar-refractivity contribution in [2.24, 2.45) is 23.7 Å². The number of carbonyl (C=O) groups is 2. The van der Waals surface area contributed by atoms with Crippen LogP contribution in [-0.2, 0) is 9.53 Å². The van der Waals surface area contributed by atoms with E-state index in [9.17, 15) is 18.4 Å². The lowest BCUT2D eigenvalue weighted by atomic mass is 9.81. The van der Waals surface area contributed by atoms with Crippen molar-refractivity contribution < 1.29 is 23.1 Å². The van der Waals surface area contributed by atoms with Crippen molar-refractivity contribution in [3.05, 3.63) is 35.4 Å². The average Bonchev–Trinajstić information content (AvgIpc) is 3.66. The number of rotatable bonds is 8. The Morgan fingerprint density at radius 1 is 1.20 bits per heavy atom. The highest BCUT2D eigenvalue weighted by Crippen LogP contribution is 2.42. The minimum atomic E-state index is -2.71. The number of aromatic nitrogens is 5. The molecule has 2 saturated heterocycles. The lowest BCUT2D eigenvalue weighted by molar-refractivity contribution is -0.127. The molecule has 1 saturated carbocycles. The number of allylic oxidation sites excluding steroid dienone is 2.